The Kier molecular flexibility index (Phi) is 6.30. The number of rotatable bonds is 8. The van der Waals surface area contributed by atoms with Crippen LogP contribution in [0.25, 0.3) is 0 Å². The molecule has 138 valence electrons. The van der Waals surface area contributed by atoms with E-state index in [1.807, 2.05) is 13.8 Å². The van der Waals surface area contributed by atoms with E-state index in [1.54, 1.807) is 30.3 Å². The summed E-state index contributed by atoms with van der Waals surface area (Å²) in [5.41, 5.74) is 11.4. The van der Waals surface area contributed by atoms with Gasteiger partial charge in [-0.1, -0.05) is 19.9 Å². The highest BCUT2D eigenvalue weighted by Gasteiger charge is 2.33. The number of hydrogen-bond donors (Lipinski definition) is 3. The van der Waals surface area contributed by atoms with Gasteiger partial charge in [0, 0.05) is 18.2 Å². The van der Waals surface area contributed by atoms with E-state index in [0.717, 1.165) is 0 Å². The lowest BCUT2D eigenvalue weighted by Gasteiger charge is -2.28. The lowest BCUT2D eigenvalue weighted by molar-refractivity contribution is -0.125. The number of pyridine rings is 1. The predicted molar refractivity (Wildman–Crippen MR) is 100.0 cm³/mol. The first-order chi connectivity index (χ1) is 12.4. The summed E-state index contributed by atoms with van der Waals surface area (Å²) in [4.78, 5) is 27.9. The Hall–Kier alpha value is -2.93. The van der Waals surface area contributed by atoms with Gasteiger partial charge in [-0.2, -0.15) is 0 Å². The van der Waals surface area contributed by atoms with Crippen LogP contribution in [0.1, 0.15) is 37.0 Å². The van der Waals surface area contributed by atoms with Gasteiger partial charge < -0.3 is 21.5 Å². The van der Waals surface area contributed by atoms with Crippen molar-refractivity contribution in [1.29, 1.82) is 0 Å². The van der Waals surface area contributed by atoms with E-state index < -0.39 is 11.3 Å². The molecule has 26 heavy (non-hydrogen) atoms. The molecule has 0 saturated carbocycles. The molecule has 0 radical (unpaired) electrons. The van der Waals surface area contributed by atoms with Crippen LogP contribution in [-0.4, -0.2) is 23.3 Å². The zero-order chi connectivity index (χ0) is 19.2. The molecule has 5 N–H and O–H groups in total. The minimum Gasteiger partial charge on any atom is -0.439 e. The lowest BCUT2D eigenvalue weighted by atomic mass is 9.81. The van der Waals surface area contributed by atoms with Crippen molar-refractivity contribution in [2.75, 3.05) is 11.9 Å². The molecule has 2 amide bonds. The highest BCUT2D eigenvalue weighted by Crippen LogP contribution is 2.27. The summed E-state index contributed by atoms with van der Waals surface area (Å²) in [5.74, 6) is 0.136. The first-order valence-corrected chi connectivity index (χ1v) is 8.49. The number of benzene rings is 1. The number of nitrogens with one attached hydrogen (secondary N) is 1. The van der Waals surface area contributed by atoms with Crippen molar-refractivity contribution in [3.05, 3.63) is 48.2 Å². The number of carbonyl (C=O) groups is 2. The summed E-state index contributed by atoms with van der Waals surface area (Å²) < 4.78 is 5.61. The third kappa shape index (κ3) is 4.37. The highest BCUT2D eigenvalue weighted by molar-refractivity contribution is 5.95. The Morgan fingerprint density at radius 2 is 1.92 bits per heavy atom. The fourth-order valence-electron chi connectivity index (χ4n) is 2.56. The second-order valence-corrected chi connectivity index (χ2v) is 6.02. The van der Waals surface area contributed by atoms with E-state index in [0.29, 0.717) is 35.7 Å². The van der Waals surface area contributed by atoms with Gasteiger partial charge in [0.15, 0.2) is 0 Å². The van der Waals surface area contributed by atoms with E-state index in [4.69, 9.17) is 16.2 Å². The normalized spacial score (nSPS) is 11.0. The van der Waals surface area contributed by atoms with E-state index in [9.17, 15) is 9.59 Å². The Balaban J connectivity index is 2.08. The van der Waals surface area contributed by atoms with Crippen LogP contribution in [0.3, 0.4) is 0 Å². The van der Waals surface area contributed by atoms with Gasteiger partial charge in [-0.05, 0) is 37.1 Å². The lowest BCUT2D eigenvalue weighted by Crippen LogP contribution is -2.41. The number of nitrogens with zero attached hydrogens (tertiary/aromatic N) is 1. The van der Waals surface area contributed by atoms with Crippen LogP contribution in [0.15, 0.2) is 42.6 Å². The van der Waals surface area contributed by atoms with Crippen molar-refractivity contribution >= 4 is 17.5 Å². The molecule has 0 atom stereocenters. The van der Waals surface area contributed by atoms with Gasteiger partial charge in [-0.15, -0.1) is 0 Å². The van der Waals surface area contributed by atoms with Crippen LogP contribution >= 0.6 is 0 Å². The first kappa shape index (κ1) is 19.4. The van der Waals surface area contributed by atoms with Gasteiger partial charge in [0.05, 0.1) is 17.3 Å². The summed E-state index contributed by atoms with van der Waals surface area (Å²) in [6, 6.07) is 9.84. The number of nitrogens with two attached hydrogens (primary N) is 2. The van der Waals surface area contributed by atoms with Gasteiger partial charge in [0.1, 0.15) is 5.75 Å². The molecule has 2 rings (SSSR count). The maximum Gasteiger partial charge on any atom is 0.248 e. The Morgan fingerprint density at radius 3 is 2.46 bits per heavy atom. The van der Waals surface area contributed by atoms with Crippen LogP contribution in [0.5, 0.6) is 11.6 Å². The number of aromatic nitrogens is 1. The van der Waals surface area contributed by atoms with Gasteiger partial charge in [0.2, 0.25) is 17.7 Å². The third-order valence-electron chi connectivity index (χ3n) is 4.56. The topological polar surface area (TPSA) is 120 Å². The van der Waals surface area contributed by atoms with Gasteiger partial charge in [0.25, 0.3) is 0 Å². The highest BCUT2D eigenvalue weighted by atomic mass is 16.5. The molecule has 0 fully saturated rings. The van der Waals surface area contributed by atoms with Gasteiger partial charge in [-0.25, -0.2) is 4.98 Å². The zero-order valence-electron chi connectivity index (χ0n) is 15.0. The van der Waals surface area contributed by atoms with E-state index in [-0.39, 0.29) is 12.5 Å². The number of ether oxygens (including phenoxy) is 1. The Bertz CT molecular complexity index is 762. The van der Waals surface area contributed by atoms with E-state index >= 15 is 0 Å². The van der Waals surface area contributed by atoms with Crippen molar-refractivity contribution in [2.24, 2.45) is 16.9 Å². The minimum atomic E-state index is -0.579. The van der Waals surface area contributed by atoms with Crippen molar-refractivity contribution in [2.45, 2.75) is 26.7 Å². The minimum absolute atomic E-state index is 0.116. The van der Waals surface area contributed by atoms with Crippen LogP contribution < -0.4 is 21.5 Å². The fourth-order valence-corrected chi connectivity index (χ4v) is 2.56. The van der Waals surface area contributed by atoms with E-state index in [2.05, 4.69) is 10.3 Å². The average Bonchev–Trinajstić information content (AvgIpc) is 2.65. The molecule has 0 aliphatic carbocycles. The van der Waals surface area contributed by atoms with Crippen LogP contribution in [0.2, 0.25) is 0 Å². The molecule has 1 heterocycles. The second kappa shape index (κ2) is 8.44. The van der Waals surface area contributed by atoms with Gasteiger partial charge in [-0.3, -0.25) is 9.59 Å². The van der Waals surface area contributed by atoms with Crippen LogP contribution in [-0.2, 0) is 4.79 Å². The molecule has 7 nitrogen and oxygen atoms in total. The predicted octanol–water partition coefficient (Wildman–Crippen LogP) is 2.68. The standard InChI is InChI=1S/C19H24N4O3/c1-3-19(4-2,12-20)18(25)23-14-8-9-16(22-11-14)26-15-7-5-6-13(10-15)17(21)24/h5-11H,3-4,12,20H2,1-2H3,(H2,21,24)(H,23,25). The van der Waals surface area contributed by atoms with Crippen molar-refractivity contribution < 1.29 is 14.3 Å². The molecular weight excluding hydrogens is 332 g/mol. The van der Waals surface area contributed by atoms with Crippen LogP contribution in [0, 0.1) is 5.41 Å². The molecule has 0 unspecified atom stereocenters. The molecule has 2 aromatic rings. The molecular formula is C19H24N4O3. The quantitative estimate of drug-likeness (QED) is 0.671. The average molecular weight is 356 g/mol. The monoisotopic (exact) mass is 356 g/mol. The molecule has 7 heteroatoms. The molecule has 1 aromatic heterocycles. The molecule has 0 saturated heterocycles. The van der Waals surface area contributed by atoms with Crippen molar-refractivity contribution in [3.8, 4) is 11.6 Å². The van der Waals surface area contributed by atoms with Crippen molar-refractivity contribution in [3.63, 3.8) is 0 Å². The van der Waals surface area contributed by atoms with E-state index in [1.165, 1.54) is 12.3 Å². The third-order valence-corrected chi connectivity index (χ3v) is 4.56. The summed E-state index contributed by atoms with van der Waals surface area (Å²) in [6.07, 6.45) is 2.84. The van der Waals surface area contributed by atoms with Crippen molar-refractivity contribution in [1.82, 2.24) is 4.98 Å². The summed E-state index contributed by atoms with van der Waals surface area (Å²) in [6.45, 7) is 4.19. The smallest absolute Gasteiger partial charge is 0.248 e. The molecule has 0 aliphatic rings. The van der Waals surface area contributed by atoms with Crippen LogP contribution in [0.4, 0.5) is 5.69 Å². The molecule has 0 spiro atoms. The Labute approximate surface area is 152 Å². The summed E-state index contributed by atoms with van der Waals surface area (Å²) in [5, 5.41) is 2.85. The number of amides is 2. The maximum absolute atomic E-state index is 12.5. The molecule has 1 aromatic carbocycles. The number of anilines is 1. The first-order valence-electron chi connectivity index (χ1n) is 8.49. The molecule has 0 bridgehead atoms. The molecule has 0 aliphatic heterocycles. The van der Waals surface area contributed by atoms with Gasteiger partial charge >= 0.3 is 0 Å². The number of hydrogen-bond acceptors (Lipinski definition) is 5. The summed E-state index contributed by atoms with van der Waals surface area (Å²) in [7, 11) is 0. The Morgan fingerprint density at radius 1 is 1.19 bits per heavy atom. The fraction of sp³-hybridized carbons (Fsp3) is 0.316. The number of primary amides is 1. The number of carbonyl (C=O) groups excluding carboxylic acids is 2. The second-order valence-electron chi connectivity index (χ2n) is 6.02. The zero-order valence-corrected chi connectivity index (χ0v) is 15.0. The summed E-state index contributed by atoms with van der Waals surface area (Å²) >= 11 is 0. The SMILES string of the molecule is CCC(CC)(CN)C(=O)Nc1ccc(Oc2cccc(C(N)=O)c2)nc1. The largest absolute Gasteiger partial charge is 0.439 e. The maximum atomic E-state index is 12.5.